The number of nitrogens with zero attached hydrogens (tertiary/aromatic N) is 2. The minimum atomic E-state index is -0.591. The number of likely N-dealkylation sites (tertiary alicyclic amines) is 1. The van der Waals surface area contributed by atoms with E-state index in [1.165, 1.54) is 6.20 Å². The summed E-state index contributed by atoms with van der Waals surface area (Å²) < 4.78 is 10.6. The van der Waals surface area contributed by atoms with Gasteiger partial charge in [0.1, 0.15) is 5.60 Å². The SMILES string of the molecule is O=C1OC2(CCN(C(=O)c3ccno3)CC2)c2ccccc21. The van der Waals surface area contributed by atoms with E-state index in [2.05, 4.69) is 5.16 Å². The van der Waals surface area contributed by atoms with Crippen molar-refractivity contribution >= 4 is 11.9 Å². The molecule has 1 fully saturated rings. The summed E-state index contributed by atoms with van der Waals surface area (Å²) in [5.74, 6) is -0.213. The summed E-state index contributed by atoms with van der Waals surface area (Å²) in [5, 5.41) is 3.56. The third kappa shape index (κ3) is 1.83. The van der Waals surface area contributed by atoms with Gasteiger partial charge in [-0.25, -0.2) is 4.79 Å². The molecule has 3 heterocycles. The molecule has 0 radical (unpaired) electrons. The van der Waals surface area contributed by atoms with Crippen LogP contribution in [0.4, 0.5) is 0 Å². The Morgan fingerprint density at radius 3 is 2.68 bits per heavy atom. The van der Waals surface area contributed by atoms with Gasteiger partial charge < -0.3 is 14.2 Å². The summed E-state index contributed by atoms with van der Waals surface area (Å²) in [6, 6.07) is 9.03. The smallest absolute Gasteiger partial charge is 0.339 e. The highest BCUT2D eigenvalue weighted by molar-refractivity contribution is 5.95. The van der Waals surface area contributed by atoms with Gasteiger partial charge in [0.2, 0.25) is 5.76 Å². The van der Waals surface area contributed by atoms with Gasteiger partial charge in [-0.1, -0.05) is 23.4 Å². The van der Waals surface area contributed by atoms with Crippen molar-refractivity contribution < 1.29 is 18.8 Å². The van der Waals surface area contributed by atoms with Crippen LogP contribution >= 0.6 is 0 Å². The maximum Gasteiger partial charge on any atom is 0.339 e. The fourth-order valence-corrected chi connectivity index (χ4v) is 3.27. The second kappa shape index (κ2) is 4.69. The zero-order valence-electron chi connectivity index (χ0n) is 11.8. The zero-order chi connectivity index (χ0) is 15.2. The van der Waals surface area contributed by atoms with E-state index in [-0.39, 0.29) is 17.6 Å². The monoisotopic (exact) mass is 298 g/mol. The Labute approximate surface area is 126 Å². The number of fused-ring (bicyclic) bond motifs is 2. The van der Waals surface area contributed by atoms with Crippen molar-refractivity contribution in [1.82, 2.24) is 10.1 Å². The lowest BCUT2D eigenvalue weighted by molar-refractivity contribution is -0.0393. The Kier molecular flexibility index (Phi) is 2.79. The molecule has 0 aliphatic carbocycles. The molecule has 0 atom stereocenters. The van der Waals surface area contributed by atoms with Crippen molar-refractivity contribution in [2.24, 2.45) is 0 Å². The number of carbonyl (C=O) groups is 2. The molecule has 1 aromatic carbocycles. The highest BCUT2D eigenvalue weighted by Crippen LogP contribution is 2.44. The van der Waals surface area contributed by atoms with Crippen molar-refractivity contribution in [2.45, 2.75) is 18.4 Å². The average molecular weight is 298 g/mol. The first-order valence-electron chi connectivity index (χ1n) is 7.22. The first-order valence-corrected chi connectivity index (χ1v) is 7.22. The predicted molar refractivity (Wildman–Crippen MR) is 75.2 cm³/mol. The fraction of sp³-hybridized carbons (Fsp3) is 0.312. The summed E-state index contributed by atoms with van der Waals surface area (Å²) in [4.78, 5) is 26.0. The Balaban J connectivity index is 1.55. The van der Waals surface area contributed by atoms with Gasteiger partial charge in [-0.05, 0) is 6.07 Å². The van der Waals surface area contributed by atoms with Crippen LogP contribution in [0.1, 0.15) is 39.3 Å². The summed E-state index contributed by atoms with van der Waals surface area (Å²) >= 11 is 0. The van der Waals surface area contributed by atoms with Crippen LogP contribution in [0.15, 0.2) is 41.1 Å². The Morgan fingerprint density at radius 1 is 1.18 bits per heavy atom. The maximum absolute atomic E-state index is 12.3. The molecular weight excluding hydrogens is 284 g/mol. The van der Waals surface area contributed by atoms with Gasteiger partial charge in [0.25, 0.3) is 5.91 Å². The molecule has 0 saturated carbocycles. The van der Waals surface area contributed by atoms with Crippen molar-refractivity contribution in [1.29, 1.82) is 0 Å². The standard InChI is InChI=1S/C16H14N2O4/c19-14(13-5-8-17-22-13)18-9-6-16(7-10-18)12-4-2-1-3-11(12)15(20)21-16/h1-5,8H,6-7,9-10H2. The number of hydrogen-bond donors (Lipinski definition) is 0. The molecule has 112 valence electrons. The lowest BCUT2D eigenvalue weighted by Gasteiger charge is -2.38. The number of rotatable bonds is 1. The Hall–Kier alpha value is -2.63. The van der Waals surface area contributed by atoms with Crippen LogP contribution in [0, 0.1) is 0 Å². The number of aromatic nitrogens is 1. The molecule has 0 unspecified atom stereocenters. The second-order valence-electron chi connectivity index (χ2n) is 5.60. The van der Waals surface area contributed by atoms with Gasteiger partial charge >= 0.3 is 5.97 Å². The molecular formula is C16H14N2O4. The van der Waals surface area contributed by atoms with Gasteiger partial charge in [-0.15, -0.1) is 0 Å². The first kappa shape index (κ1) is 13.1. The number of hydrogen-bond acceptors (Lipinski definition) is 5. The molecule has 22 heavy (non-hydrogen) atoms. The quantitative estimate of drug-likeness (QED) is 0.753. The highest BCUT2D eigenvalue weighted by Gasteiger charge is 2.47. The molecule has 2 aliphatic rings. The van der Waals surface area contributed by atoms with E-state index in [4.69, 9.17) is 9.26 Å². The Bertz CT molecular complexity index is 730. The molecule has 1 aromatic heterocycles. The minimum absolute atomic E-state index is 0.176. The van der Waals surface area contributed by atoms with Gasteiger partial charge in [0.15, 0.2) is 0 Å². The molecule has 0 N–H and O–H groups in total. The summed E-state index contributed by atoms with van der Waals surface area (Å²) in [6.45, 7) is 1.03. The lowest BCUT2D eigenvalue weighted by atomic mass is 9.84. The number of esters is 1. The molecule has 0 bridgehead atoms. The van der Waals surface area contributed by atoms with Gasteiger partial charge in [-0.2, -0.15) is 0 Å². The molecule has 1 amide bonds. The number of carbonyl (C=O) groups excluding carboxylic acids is 2. The third-order valence-electron chi connectivity index (χ3n) is 4.43. The molecule has 1 spiro atoms. The summed E-state index contributed by atoms with van der Waals surface area (Å²) in [6.07, 6.45) is 2.64. The average Bonchev–Trinajstić information content (AvgIpc) is 3.17. The summed E-state index contributed by atoms with van der Waals surface area (Å²) in [5.41, 5.74) is 0.982. The molecule has 6 nitrogen and oxygen atoms in total. The van der Waals surface area contributed by atoms with E-state index in [9.17, 15) is 9.59 Å². The second-order valence-corrected chi connectivity index (χ2v) is 5.60. The lowest BCUT2D eigenvalue weighted by Crippen LogP contribution is -2.45. The zero-order valence-corrected chi connectivity index (χ0v) is 11.8. The van der Waals surface area contributed by atoms with Crippen molar-refractivity contribution in [3.05, 3.63) is 53.4 Å². The number of ether oxygens (including phenoxy) is 1. The van der Waals surface area contributed by atoms with Crippen LogP contribution < -0.4 is 0 Å². The van der Waals surface area contributed by atoms with Crippen molar-refractivity contribution in [3.8, 4) is 0 Å². The van der Waals surface area contributed by atoms with E-state index in [0.717, 1.165) is 5.56 Å². The van der Waals surface area contributed by atoms with E-state index >= 15 is 0 Å². The number of benzene rings is 1. The number of amides is 1. The molecule has 1 saturated heterocycles. The van der Waals surface area contributed by atoms with E-state index in [1.54, 1.807) is 17.0 Å². The van der Waals surface area contributed by atoms with Gasteiger partial charge in [-0.3, -0.25) is 4.79 Å². The molecule has 6 heteroatoms. The Morgan fingerprint density at radius 2 is 1.95 bits per heavy atom. The van der Waals surface area contributed by atoms with E-state index < -0.39 is 5.60 Å². The van der Waals surface area contributed by atoms with Crippen LogP contribution in [0.3, 0.4) is 0 Å². The van der Waals surface area contributed by atoms with Crippen molar-refractivity contribution in [2.75, 3.05) is 13.1 Å². The van der Waals surface area contributed by atoms with Crippen LogP contribution in [0.2, 0.25) is 0 Å². The van der Waals surface area contributed by atoms with E-state index in [1.807, 2.05) is 18.2 Å². The topological polar surface area (TPSA) is 72.6 Å². The van der Waals surface area contributed by atoms with Crippen LogP contribution in [-0.4, -0.2) is 35.0 Å². The first-order chi connectivity index (χ1) is 10.7. The minimum Gasteiger partial charge on any atom is -0.450 e. The van der Waals surface area contributed by atoms with Gasteiger partial charge in [0.05, 0.1) is 11.8 Å². The largest absolute Gasteiger partial charge is 0.450 e. The predicted octanol–water partition coefficient (Wildman–Crippen LogP) is 1.98. The third-order valence-corrected chi connectivity index (χ3v) is 4.43. The molecule has 2 aliphatic heterocycles. The van der Waals surface area contributed by atoms with Crippen LogP contribution in [-0.2, 0) is 10.3 Å². The maximum atomic E-state index is 12.3. The highest BCUT2D eigenvalue weighted by atomic mass is 16.6. The number of piperidine rings is 1. The summed E-state index contributed by atoms with van der Waals surface area (Å²) in [7, 11) is 0. The van der Waals surface area contributed by atoms with Crippen LogP contribution in [0.5, 0.6) is 0 Å². The molecule has 2 aromatic rings. The van der Waals surface area contributed by atoms with Crippen molar-refractivity contribution in [3.63, 3.8) is 0 Å². The fourth-order valence-electron chi connectivity index (χ4n) is 3.27. The van der Waals surface area contributed by atoms with E-state index in [0.29, 0.717) is 31.5 Å². The van der Waals surface area contributed by atoms with Gasteiger partial charge in [0, 0.05) is 37.6 Å². The normalized spacial score (nSPS) is 19.1. The molecule has 4 rings (SSSR count). The van der Waals surface area contributed by atoms with Crippen LogP contribution in [0.25, 0.3) is 0 Å².